The first kappa shape index (κ1) is 37.8. The van der Waals surface area contributed by atoms with Gasteiger partial charge >= 0.3 is 35.5 Å². The summed E-state index contributed by atoms with van der Waals surface area (Å²) in [6, 6.07) is 0. The van der Waals surface area contributed by atoms with Gasteiger partial charge in [-0.15, -0.1) is 0 Å². The topological polar surface area (TPSA) is 63.7 Å². The van der Waals surface area contributed by atoms with E-state index in [0.29, 0.717) is 12.8 Å². The first-order valence-electron chi connectivity index (χ1n) is 15.0. The van der Waals surface area contributed by atoms with E-state index >= 15 is 0 Å². The second-order valence-electron chi connectivity index (χ2n) is 10.1. The first-order valence-corrected chi connectivity index (χ1v) is 15.0. The van der Waals surface area contributed by atoms with Gasteiger partial charge in [0, 0.05) is 19.4 Å². The fourth-order valence-corrected chi connectivity index (χ4v) is 4.49. The van der Waals surface area contributed by atoms with Crippen LogP contribution in [0.25, 0.3) is 0 Å². The maximum absolute atomic E-state index is 12.8. The Morgan fingerprint density at radius 2 is 0.833 bits per heavy atom. The zero-order chi connectivity index (χ0) is 26.0. The molecular formula is C30H58NNaO4. The van der Waals surface area contributed by atoms with Gasteiger partial charge in [0.2, 0.25) is 11.8 Å². The van der Waals surface area contributed by atoms with Crippen molar-refractivity contribution in [3.8, 4) is 0 Å². The van der Waals surface area contributed by atoms with Crippen molar-refractivity contribution < 1.29 is 50.1 Å². The van der Waals surface area contributed by atoms with Gasteiger partial charge in [-0.05, 0) is 12.8 Å². The van der Waals surface area contributed by atoms with E-state index in [-0.39, 0.29) is 61.7 Å². The van der Waals surface area contributed by atoms with Crippen molar-refractivity contribution >= 4 is 17.8 Å². The van der Waals surface area contributed by atoms with E-state index < -0.39 is 0 Å². The molecule has 0 N–H and O–H groups in total. The number of hydrogen-bond donors (Lipinski definition) is 0. The van der Waals surface area contributed by atoms with Crippen LogP contribution in [0.2, 0.25) is 0 Å². The zero-order valence-electron chi connectivity index (χ0n) is 25.6. The summed E-state index contributed by atoms with van der Waals surface area (Å²) in [4.78, 5) is 38.4. The average molecular weight is 520 g/mol. The molecular weight excluding hydrogens is 461 g/mol. The van der Waals surface area contributed by atoms with Crippen LogP contribution in [-0.4, -0.2) is 36.3 Å². The molecule has 0 unspecified atom stereocenters. The Bertz CT molecular complexity index is 534. The van der Waals surface area contributed by atoms with Crippen LogP contribution in [0.3, 0.4) is 0 Å². The Kier molecular flexibility index (Phi) is 30.6. The minimum absolute atomic E-state index is 0. The fourth-order valence-electron chi connectivity index (χ4n) is 4.49. The number of amides is 2. The van der Waals surface area contributed by atoms with Crippen LogP contribution in [-0.2, 0) is 19.1 Å². The second-order valence-corrected chi connectivity index (χ2v) is 10.1. The van der Waals surface area contributed by atoms with Crippen molar-refractivity contribution in [3.05, 3.63) is 0 Å². The summed E-state index contributed by atoms with van der Waals surface area (Å²) in [6.07, 6.45) is 25.1. The average Bonchev–Trinajstić information content (AvgIpc) is 2.86. The Balaban J connectivity index is -0.00000578. The molecule has 0 saturated carbocycles. The van der Waals surface area contributed by atoms with Crippen LogP contribution < -0.4 is 29.6 Å². The number of ether oxygens (including phenoxy) is 1. The van der Waals surface area contributed by atoms with Gasteiger partial charge in [0.1, 0.15) is 0 Å². The van der Waals surface area contributed by atoms with Crippen molar-refractivity contribution in [2.45, 2.75) is 162 Å². The van der Waals surface area contributed by atoms with Gasteiger partial charge in [0.05, 0.1) is 13.5 Å². The van der Waals surface area contributed by atoms with Crippen LogP contribution in [0.15, 0.2) is 0 Å². The molecule has 2 amide bonds. The molecule has 0 saturated heterocycles. The van der Waals surface area contributed by atoms with E-state index in [2.05, 4.69) is 13.8 Å². The molecule has 208 valence electrons. The number of carbonyl (C=O) groups is 3. The zero-order valence-corrected chi connectivity index (χ0v) is 26.6. The Hall–Kier alpha value is -0.390. The molecule has 5 nitrogen and oxygen atoms in total. The number of unbranched alkanes of at least 4 members (excludes halogenated alkanes) is 18. The summed E-state index contributed by atoms with van der Waals surface area (Å²) in [7, 11) is 1.34. The summed E-state index contributed by atoms with van der Waals surface area (Å²) in [5.41, 5.74) is 0. The minimum atomic E-state index is -0.381. The van der Waals surface area contributed by atoms with Gasteiger partial charge in [-0.3, -0.25) is 19.3 Å². The van der Waals surface area contributed by atoms with Crippen molar-refractivity contribution in [1.29, 1.82) is 0 Å². The van der Waals surface area contributed by atoms with Crippen LogP contribution >= 0.6 is 0 Å². The molecule has 0 aromatic carbocycles. The molecule has 6 heteroatoms. The number of nitrogens with zero attached hydrogens (tertiary/aromatic N) is 1. The molecule has 0 radical (unpaired) electrons. The standard InChI is InChI=1S/C30H57NO4.Na.H/c1-4-6-8-10-12-14-15-17-19-21-23-25-29(33)31(27-26-30(34)35-3)28(32)24-22-20-18-16-13-11-9-7-5-2;;/h4-27H2,1-3H3;;/q;+1;-1. The molecule has 0 aromatic heterocycles. The predicted octanol–water partition coefficient (Wildman–Crippen LogP) is 5.64. The first-order chi connectivity index (χ1) is 17.1. The molecule has 0 aromatic rings. The van der Waals surface area contributed by atoms with E-state index in [4.69, 9.17) is 4.74 Å². The summed E-state index contributed by atoms with van der Waals surface area (Å²) >= 11 is 0. The van der Waals surface area contributed by atoms with E-state index in [0.717, 1.165) is 38.5 Å². The molecule has 0 aliphatic heterocycles. The quantitative estimate of drug-likeness (QED) is 0.0889. The third-order valence-electron chi connectivity index (χ3n) is 6.86. The maximum atomic E-state index is 12.8. The third kappa shape index (κ3) is 24.0. The normalized spacial score (nSPS) is 10.6. The molecule has 0 spiro atoms. The molecule has 0 rings (SSSR count). The molecule has 0 heterocycles. The minimum Gasteiger partial charge on any atom is -1.00 e. The molecule has 0 bridgehead atoms. The molecule has 0 fully saturated rings. The van der Waals surface area contributed by atoms with Crippen molar-refractivity contribution in [1.82, 2.24) is 4.90 Å². The van der Waals surface area contributed by atoms with Gasteiger partial charge in [-0.25, -0.2) is 0 Å². The number of rotatable bonds is 25. The third-order valence-corrected chi connectivity index (χ3v) is 6.86. The van der Waals surface area contributed by atoms with Gasteiger partial charge in [-0.1, -0.05) is 129 Å². The molecule has 0 aliphatic carbocycles. The number of hydrogen-bond acceptors (Lipinski definition) is 4. The maximum Gasteiger partial charge on any atom is 1.00 e. The van der Waals surface area contributed by atoms with E-state index in [1.54, 1.807) is 0 Å². The summed E-state index contributed by atoms with van der Waals surface area (Å²) in [5.74, 6) is -0.649. The summed E-state index contributed by atoms with van der Waals surface area (Å²) < 4.78 is 4.70. The van der Waals surface area contributed by atoms with Gasteiger partial charge < -0.3 is 6.16 Å². The monoisotopic (exact) mass is 519 g/mol. The molecule has 0 aliphatic rings. The summed E-state index contributed by atoms with van der Waals surface area (Å²) in [6.45, 7) is 4.62. The van der Waals surface area contributed by atoms with Crippen molar-refractivity contribution in [2.75, 3.05) is 13.7 Å². The van der Waals surface area contributed by atoms with Crippen molar-refractivity contribution in [2.24, 2.45) is 0 Å². The van der Waals surface area contributed by atoms with E-state index in [1.165, 1.54) is 102 Å². The number of carbonyl (C=O) groups excluding carboxylic acids is 3. The van der Waals surface area contributed by atoms with Crippen LogP contribution in [0, 0.1) is 0 Å². The smallest absolute Gasteiger partial charge is 1.00 e. The van der Waals surface area contributed by atoms with Crippen molar-refractivity contribution in [3.63, 3.8) is 0 Å². The molecule has 36 heavy (non-hydrogen) atoms. The SMILES string of the molecule is CCCCCCCCCCCCCC(=O)N(CCC(=O)OC)C(=O)CCCCCCCCCCC.[H-].[Na+]. The Morgan fingerprint density at radius 1 is 0.528 bits per heavy atom. The number of imide groups is 1. The van der Waals surface area contributed by atoms with Gasteiger partial charge in [0.15, 0.2) is 0 Å². The fraction of sp³-hybridized carbons (Fsp3) is 0.900. The predicted molar refractivity (Wildman–Crippen MR) is 147 cm³/mol. The van der Waals surface area contributed by atoms with Gasteiger partial charge in [0.25, 0.3) is 0 Å². The Labute approximate surface area is 247 Å². The van der Waals surface area contributed by atoms with Crippen LogP contribution in [0.4, 0.5) is 0 Å². The molecule has 0 atom stereocenters. The van der Waals surface area contributed by atoms with Gasteiger partial charge in [-0.2, -0.15) is 0 Å². The summed E-state index contributed by atoms with van der Waals surface area (Å²) in [5, 5.41) is 0. The largest absolute Gasteiger partial charge is 1.00 e. The number of methoxy groups -OCH3 is 1. The van der Waals surface area contributed by atoms with E-state index in [1.807, 2.05) is 0 Å². The van der Waals surface area contributed by atoms with Crippen LogP contribution in [0.5, 0.6) is 0 Å². The van der Waals surface area contributed by atoms with E-state index in [9.17, 15) is 14.4 Å². The number of esters is 1. The Morgan fingerprint density at radius 3 is 1.14 bits per heavy atom. The van der Waals surface area contributed by atoms with Crippen LogP contribution in [0.1, 0.15) is 163 Å². The second kappa shape index (κ2) is 29.2.